The highest BCUT2D eigenvalue weighted by molar-refractivity contribution is 5.85. The third-order valence-corrected chi connectivity index (χ3v) is 5.89. The van der Waals surface area contributed by atoms with Crippen molar-refractivity contribution >= 4 is 24.2 Å². The topological polar surface area (TPSA) is 50.8 Å². The number of rotatable bonds is 9. The Kier molecular flexibility index (Phi) is 10.6. The van der Waals surface area contributed by atoms with Crippen LogP contribution in [0.5, 0.6) is 5.75 Å². The van der Waals surface area contributed by atoms with Crippen molar-refractivity contribution in [1.82, 2.24) is 4.90 Å². The first-order chi connectivity index (χ1) is 13.7. The van der Waals surface area contributed by atoms with E-state index in [-0.39, 0.29) is 24.6 Å². The molecule has 0 spiro atoms. The van der Waals surface area contributed by atoms with Gasteiger partial charge in [0.25, 0.3) is 0 Å². The quantitative estimate of drug-likeness (QED) is 0.503. The van der Waals surface area contributed by atoms with Gasteiger partial charge in [-0.2, -0.15) is 0 Å². The smallest absolute Gasteiger partial charge is 0.411 e. The summed E-state index contributed by atoms with van der Waals surface area (Å²) in [6.45, 7) is 6.35. The molecule has 2 atom stereocenters. The summed E-state index contributed by atoms with van der Waals surface area (Å²) in [4.78, 5) is 15.0. The molecule has 0 aromatic heterocycles. The fourth-order valence-electron chi connectivity index (χ4n) is 4.33. The molecule has 0 bridgehead atoms. The lowest BCUT2D eigenvalue weighted by atomic mass is 9.86. The number of benzene rings is 1. The van der Waals surface area contributed by atoms with Crippen molar-refractivity contribution in [2.45, 2.75) is 70.8 Å². The molecule has 6 heteroatoms. The van der Waals surface area contributed by atoms with Gasteiger partial charge in [-0.05, 0) is 63.7 Å². The largest absolute Gasteiger partial charge is 0.494 e. The highest BCUT2D eigenvalue weighted by atomic mass is 35.5. The number of carbonyl (C=O) groups is 1. The fourth-order valence-corrected chi connectivity index (χ4v) is 4.33. The van der Waals surface area contributed by atoms with Crippen LogP contribution in [0.4, 0.5) is 10.5 Å². The summed E-state index contributed by atoms with van der Waals surface area (Å²) in [6.07, 6.45) is 10.2. The molecule has 2 fully saturated rings. The number of amides is 1. The van der Waals surface area contributed by atoms with Crippen LogP contribution in [0.2, 0.25) is 0 Å². The Hall–Kier alpha value is -1.46. The van der Waals surface area contributed by atoms with Gasteiger partial charge in [-0.3, -0.25) is 5.32 Å². The van der Waals surface area contributed by atoms with Crippen LogP contribution in [0.1, 0.15) is 64.7 Å². The Morgan fingerprint density at radius 2 is 1.93 bits per heavy atom. The van der Waals surface area contributed by atoms with Gasteiger partial charge in [-0.25, -0.2) is 4.79 Å². The zero-order valence-electron chi connectivity index (χ0n) is 17.7. The zero-order chi connectivity index (χ0) is 19.6. The number of carbonyl (C=O) groups excluding carboxylic acids is 1. The predicted molar refractivity (Wildman–Crippen MR) is 120 cm³/mol. The molecule has 1 heterocycles. The summed E-state index contributed by atoms with van der Waals surface area (Å²) in [5.74, 6) is 1.25. The molecule has 29 heavy (non-hydrogen) atoms. The van der Waals surface area contributed by atoms with Crippen LogP contribution in [0.3, 0.4) is 0 Å². The summed E-state index contributed by atoms with van der Waals surface area (Å²) in [5, 5.41) is 2.89. The minimum Gasteiger partial charge on any atom is -0.494 e. The molecule has 1 amide bonds. The number of hydrogen-bond donors (Lipinski definition) is 1. The zero-order valence-corrected chi connectivity index (χ0v) is 18.6. The van der Waals surface area contributed by atoms with E-state index < -0.39 is 0 Å². The van der Waals surface area contributed by atoms with Crippen molar-refractivity contribution in [2.75, 3.05) is 31.6 Å². The van der Waals surface area contributed by atoms with E-state index in [4.69, 9.17) is 9.47 Å². The maximum absolute atomic E-state index is 12.5. The van der Waals surface area contributed by atoms with Gasteiger partial charge in [0, 0.05) is 24.2 Å². The third-order valence-electron chi connectivity index (χ3n) is 5.89. The van der Waals surface area contributed by atoms with E-state index >= 15 is 0 Å². The summed E-state index contributed by atoms with van der Waals surface area (Å²) in [7, 11) is 0. The number of halogens is 1. The van der Waals surface area contributed by atoms with E-state index in [1.807, 2.05) is 24.3 Å². The molecule has 0 radical (unpaired) electrons. The summed E-state index contributed by atoms with van der Waals surface area (Å²) < 4.78 is 11.6. The van der Waals surface area contributed by atoms with Gasteiger partial charge >= 0.3 is 6.09 Å². The van der Waals surface area contributed by atoms with Crippen molar-refractivity contribution < 1.29 is 14.3 Å². The number of hydrogen-bond acceptors (Lipinski definition) is 4. The van der Waals surface area contributed by atoms with Gasteiger partial charge in [0.05, 0.1) is 6.61 Å². The van der Waals surface area contributed by atoms with Crippen LogP contribution in [0.15, 0.2) is 24.3 Å². The minimum atomic E-state index is -0.346. The van der Waals surface area contributed by atoms with Crippen molar-refractivity contribution in [3.05, 3.63) is 24.3 Å². The van der Waals surface area contributed by atoms with Gasteiger partial charge < -0.3 is 14.4 Å². The summed E-state index contributed by atoms with van der Waals surface area (Å²) >= 11 is 0. The average molecular weight is 425 g/mol. The SMILES string of the molecule is CCCCCOc1cccc(NC(=O)OC2CCCCC2CN2CCCC2)c1.Cl. The van der Waals surface area contributed by atoms with Gasteiger partial charge in [0.15, 0.2) is 0 Å². The highest BCUT2D eigenvalue weighted by Gasteiger charge is 2.30. The average Bonchev–Trinajstić information content (AvgIpc) is 3.20. The lowest BCUT2D eigenvalue weighted by Crippen LogP contribution is -2.38. The lowest BCUT2D eigenvalue weighted by Gasteiger charge is -2.33. The van der Waals surface area contributed by atoms with Crippen molar-refractivity contribution in [3.63, 3.8) is 0 Å². The van der Waals surface area contributed by atoms with Crippen molar-refractivity contribution in [1.29, 1.82) is 0 Å². The molecule has 1 aromatic carbocycles. The van der Waals surface area contributed by atoms with Crippen LogP contribution in [0.25, 0.3) is 0 Å². The predicted octanol–water partition coefficient (Wildman–Crippen LogP) is 5.88. The lowest BCUT2D eigenvalue weighted by molar-refractivity contribution is 0.0327. The Balaban J connectivity index is 0.00000300. The monoisotopic (exact) mass is 424 g/mol. The van der Waals surface area contributed by atoms with E-state index in [0.29, 0.717) is 12.5 Å². The van der Waals surface area contributed by atoms with E-state index in [2.05, 4.69) is 17.1 Å². The van der Waals surface area contributed by atoms with E-state index in [0.717, 1.165) is 43.7 Å². The Labute approximate surface area is 181 Å². The standard InChI is InChI=1S/C23H36N2O3.ClH/c1-2-3-8-16-27-21-12-9-11-20(17-21)24-23(26)28-22-13-5-4-10-19(22)18-25-14-6-7-15-25;/h9,11-12,17,19,22H,2-8,10,13-16,18H2,1H3,(H,24,26);1H. The molecule has 2 aliphatic rings. The maximum atomic E-state index is 12.5. The van der Waals surface area contributed by atoms with Crippen LogP contribution in [0, 0.1) is 5.92 Å². The molecular formula is C23H37ClN2O3. The molecule has 1 N–H and O–H groups in total. The van der Waals surface area contributed by atoms with Gasteiger partial charge in [-0.1, -0.05) is 32.3 Å². The number of ether oxygens (including phenoxy) is 2. The van der Waals surface area contributed by atoms with E-state index in [9.17, 15) is 4.79 Å². The Bertz CT molecular complexity index is 608. The van der Waals surface area contributed by atoms with Crippen LogP contribution < -0.4 is 10.1 Å². The molecule has 1 aliphatic carbocycles. The molecule has 1 saturated carbocycles. The van der Waals surface area contributed by atoms with Crippen LogP contribution in [-0.4, -0.2) is 43.3 Å². The molecule has 1 aromatic rings. The second-order valence-corrected chi connectivity index (χ2v) is 8.20. The second-order valence-electron chi connectivity index (χ2n) is 8.20. The minimum absolute atomic E-state index is 0. The van der Waals surface area contributed by atoms with Gasteiger partial charge in [0.2, 0.25) is 0 Å². The summed E-state index contributed by atoms with van der Waals surface area (Å²) in [6, 6.07) is 7.58. The Morgan fingerprint density at radius 1 is 1.14 bits per heavy atom. The number of likely N-dealkylation sites (tertiary alicyclic amines) is 1. The fraction of sp³-hybridized carbons (Fsp3) is 0.696. The molecule has 164 valence electrons. The molecule has 1 aliphatic heterocycles. The second kappa shape index (κ2) is 13.0. The first kappa shape index (κ1) is 23.8. The molecular weight excluding hydrogens is 388 g/mol. The first-order valence-corrected chi connectivity index (χ1v) is 11.2. The van der Waals surface area contributed by atoms with Gasteiger partial charge in [0.1, 0.15) is 11.9 Å². The highest BCUT2D eigenvalue weighted by Crippen LogP contribution is 2.29. The maximum Gasteiger partial charge on any atom is 0.411 e. The Morgan fingerprint density at radius 3 is 2.72 bits per heavy atom. The van der Waals surface area contributed by atoms with Crippen LogP contribution in [-0.2, 0) is 4.74 Å². The van der Waals surface area contributed by atoms with Gasteiger partial charge in [-0.15, -0.1) is 12.4 Å². The molecule has 1 saturated heterocycles. The van der Waals surface area contributed by atoms with Crippen molar-refractivity contribution in [3.8, 4) is 5.75 Å². The summed E-state index contributed by atoms with van der Waals surface area (Å²) in [5.41, 5.74) is 0.727. The molecule has 2 unspecified atom stereocenters. The van der Waals surface area contributed by atoms with E-state index in [1.165, 1.54) is 45.2 Å². The number of unbranched alkanes of at least 4 members (excludes halogenated alkanes) is 2. The normalized spacial score (nSPS) is 22.0. The third kappa shape index (κ3) is 8.06. The van der Waals surface area contributed by atoms with E-state index in [1.54, 1.807) is 0 Å². The number of nitrogens with one attached hydrogen (secondary N) is 1. The first-order valence-electron chi connectivity index (χ1n) is 11.2. The van der Waals surface area contributed by atoms with Crippen LogP contribution >= 0.6 is 12.4 Å². The van der Waals surface area contributed by atoms with Crippen molar-refractivity contribution in [2.24, 2.45) is 5.92 Å². The number of nitrogens with zero attached hydrogens (tertiary/aromatic N) is 1. The molecule has 3 rings (SSSR count). The number of anilines is 1. The molecule has 5 nitrogen and oxygen atoms in total.